The van der Waals surface area contributed by atoms with Gasteiger partial charge in [-0.2, -0.15) is 0 Å². The van der Waals surface area contributed by atoms with Gasteiger partial charge in [0.05, 0.1) is 25.2 Å². The van der Waals surface area contributed by atoms with Crippen LogP contribution in [0.15, 0.2) is 85.1 Å². The van der Waals surface area contributed by atoms with Crippen LogP contribution in [-0.4, -0.2) is 46.9 Å². The van der Waals surface area contributed by atoms with Crippen molar-refractivity contribution >= 4 is 11.9 Å². The number of carbonyl (C=O) groups excluding carboxylic acids is 2. The molecule has 0 spiro atoms. The van der Waals surface area contributed by atoms with E-state index in [4.69, 9.17) is 4.74 Å². The van der Waals surface area contributed by atoms with Crippen LogP contribution in [0.1, 0.15) is 245 Å². The van der Waals surface area contributed by atoms with Gasteiger partial charge in [0.25, 0.3) is 0 Å². The van der Waals surface area contributed by atoms with E-state index in [1.807, 2.05) is 0 Å². The maximum absolute atomic E-state index is 13.2. The van der Waals surface area contributed by atoms with Gasteiger partial charge in [-0.15, -0.1) is 0 Å². The lowest BCUT2D eigenvalue weighted by Gasteiger charge is -2.24. The van der Waals surface area contributed by atoms with Gasteiger partial charge in [-0.3, -0.25) is 9.59 Å². The highest BCUT2D eigenvalue weighted by Gasteiger charge is 2.24. The standard InChI is InChI=1S/C58H101NO5/c1-4-7-10-13-16-19-22-25-27-29-31-33-36-39-42-45-48-51-58(63)64-54(49-46-43-40-37-34-32-30-28-26-23-20-17-14-11-8-5-2)52-57(62)59-55(53-60)56(61)50-47-44-41-38-35-24-21-18-15-12-9-6-3/h7,10,16,19,25,27-28,30-34,39,42,54-56,60-61H,4-6,8-9,11-15,17-18,20-24,26,29,35-38,40-41,43-53H2,1-3H3,(H,59,62)/b10-7-,19-16-,27-25-,30-28+,33-31-,34-32+,42-39-. The van der Waals surface area contributed by atoms with Crippen LogP contribution in [0.5, 0.6) is 0 Å². The third kappa shape index (κ3) is 45.6. The number of rotatable bonds is 47. The number of aliphatic hydroxyl groups excluding tert-OH is 2. The predicted molar refractivity (Wildman–Crippen MR) is 278 cm³/mol. The van der Waals surface area contributed by atoms with Gasteiger partial charge < -0.3 is 20.3 Å². The normalized spacial score (nSPS) is 13.9. The summed E-state index contributed by atoms with van der Waals surface area (Å²) in [5, 5.41) is 23.8. The quantitative estimate of drug-likeness (QED) is 0.0245. The van der Waals surface area contributed by atoms with E-state index in [-0.39, 0.29) is 24.9 Å². The molecule has 0 aliphatic rings. The molecule has 64 heavy (non-hydrogen) atoms. The van der Waals surface area contributed by atoms with E-state index >= 15 is 0 Å². The molecule has 0 heterocycles. The van der Waals surface area contributed by atoms with Gasteiger partial charge >= 0.3 is 5.97 Å². The first kappa shape index (κ1) is 61.0. The summed E-state index contributed by atoms with van der Waals surface area (Å²) >= 11 is 0. The largest absolute Gasteiger partial charge is 0.462 e. The fraction of sp³-hybridized carbons (Fsp3) is 0.724. The zero-order chi connectivity index (χ0) is 46.7. The maximum atomic E-state index is 13.2. The van der Waals surface area contributed by atoms with Crippen LogP contribution in [0.4, 0.5) is 0 Å². The molecule has 3 N–H and O–H groups in total. The monoisotopic (exact) mass is 892 g/mol. The molecule has 0 aliphatic heterocycles. The van der Waals surface area contributed by atoms with Crippen LogP contribution >= 0.6 is 0 Å². The Morgan fingerprint density at radius 1 is 0.484 bits per heavy atom. The first-order valence-corrected chi connectivity index (χ1v) is 26.8. The van der Waals surface area contributed by atoms with E-state index in [0.29, 0.717) is 25.7 Å². The van der Waals surface area contributed by atoms with E-state index in [9.17, 15) is 19.8 Å². The highest BCUT2D eigenvalue weighted by atomic mass is 16.5. The molecule has 0 aliphatic carbocycles. The van der Waals surface area contributed by atoms with Gasteiger partial charge in [0.1, 0.15) is 6.10 Å². The number of unbranched alkanes of at least 4 members (excludes halogenated alkanes) is 22. The Kier molecular flexibility index (Phi) is 48.7. The molecule has 6 heteroatoms. The molecule has 0 radical (unpaired) electrons. The predicted octanol–water partition coefficient (Wildman–Crippen LogP) is 16.3. The number of amides is 1. The molecule has 0 aromatic heterocycles. The summed E-state index contributed by atoms with van der Waals surface area (Å²) in [4.78, 5) is 26.2. The van der Waals surface area contributed by atoms with Gasteiger partial charge in [0.2, 0.25) is 5.91 Å². The number of carbonyl (C=O) groups is 2. The van der Waals surface area contributed by atoms with Crippen molar-refractivity contribution in [3.05, 3.63) is 85.1 Å². The molecule has 0 rings (SSSR count). The number of esters is 1. The van der Waals surface area contributed by atoms with E-state index < -0.39 is 18.2 Å². The Balaban J connectivity index is 4.74. The van der Waals surface area contributed by atoms with Crippen LogP contribution in [0, 0.1) is 0 Å². The molecule has 0 aromatic carbocycles. The Morgan fingerprint density at radius 2 is 0.891 bits per heavy atom. The highest BCUT2D eigenvalue weighted by Crippen LogP contribution is 2.17. The van der Waals surface area contributed by atoms with Gasteiger partial charge in [0.15, 0.2) is 0 Å². The summed E-state index contributed by atoms with van der Waals surface area (Å²) in [6.07, 6.45) is 66.5. The molecule has 6 nitrogen and oxygen atoms in total. The lowest BCUT2D eigenvalue weighted by atomic mass is 10.0. The number of nitrogens with one attached hydrogen (secondary N) is 1. The van der Waals surface area contributed by atoms with Crippen LogP contribution in [0.2, 0.25) is 0 Å². The van der Waals surface area contributed by atoms with E-state index in [1.54, 1.807) is 0 Å². The molecule has 0 bridgehead atoms. The summed E-state index contributed by atoms with van der Waals surface area (Å²) in [5.74, 6) is -0.572. The van der Waals surface area contributed by atoms with Crippen molar-refractivity contribution in [3.8, 4) is 0 Å². The van der Waals surface area contributed by atoms with Crippen molar-refractivity contribution in [2.45, 2.75) is 264 Å². The third-order valence-electron chi connectivity index (χ3n) is 11.7. The molecular weight excluding hydrogens is 791 g/mol. The molecule has 0 fully saturated rings. The average Bonchev–Trinajstić information content (AvgIpc) is 3.29. The van der Waals surface area contributed by atoms with Gasteiger partial charge in [-0.05, 0) is 89.9 Å². The van der Waals surface area contributed by atoms with E-state index in [0.717, 1.165) is 89.9 Å². The number of ether oxygens (including phenoxy) is 1. The molecular formula is C58H101NO5. The molecule has 1 amide bonds. The number of hydrogen-bond acceptors (Lipinski definition) is 5. The third-order valence-corrected chi connectivity index (χ3v) is 11.7. The average molecular weight is 892 g/mol. The van der Waals surface area contributed by atoms with Crippen LogP contribution in [0.25, 0.3) is 0 Å². The number of hydrogen-bond donors (Lipinski definition) is 3. The van der Waals surface area contributed by atoms with Gasteiger partial charge in [0, 0.05) is 6.42 Å². The molecule has 3 atom stereocenters. The summed E-state index contributed by atoms with van der Waals surface area (Å²) in [6, 6.07) is -0.726. The van der Waals surface area contributed by atoms with Crippen LogP contribution in [-0.2, 0) is 14.3 Å². The Bertz CT molecular complexity index is 1230. The smallest absolute Gasteiger partial charge is 0.306 e. The molecule has 0 saturated carbocycles. The van der Waals surface area contributed by atoms with Crippen molar-refractivity contribution in [3.63, 3.8) is 0 Å². The van der Waals surface area contributed by atoms with Crippen molar-refractivity contribution in [2.75, 3.05) is 6.61 Å². The van der Waals surface area contributed by atoms with Crippen LogP contribution < -0.4 is 5.32 Å². The lowest BCUT2D eigenvalue weighted by Crippen LogP contribution is -2.46. The molecule has 0 aromatic rings. The summed E-state index contributed by atoms with van der Waals surface area (Å²) < 4.78 is 5.90. The van der Waals surface area contributed by atoms with Gasteiger partial charge in [-0.25, -0.2) is 0 Å². The van der Waals surface area contributed by atoms with Crippen molar-refractivity contribution in [1.82, 2.24) is 5.32 Å². The Morgan fingerprint density at radius 3 is 1.38 bits per heavy atom. The van der Waals surface area contributed by atoms with E-state index in [1.165, 1.54) is 103 Å². The fourth-order valence-corrected chi connectivity index (χ4v) is 7.69. The zero-order valence-electron chi connectivity index (χ0n) is 41.9. The summed E-state index contributed by atoms with van der Waals surface area (Å²) in [6.45, 7) is 6.34. The van der Waals surface area contributed by atoms with Gasteiger partial charge in [-0.1, -0.05) is 228 Å². The minimum atomic E-state index is -0.808. The minimum absolute atomic E-state index is 0.0335. The summed E-state index contributed by atoms with van der Waals surface area (Å²) in [5.41, 5.74) is 0. The second kappa shape index (κ2) is 51.0. The Labute approximate surface area is 395 Å². The molecule has 3 unspecified atom stereocenters. The zero-order valence-corrected chi connectivity index (χ0v) is 41.9. The summed E-state index contributed by atoms with van der Waals surface area (Å²) in [7, 11) is 0. The fourth-order valence-electron chi connectivity index (χ4n) is 7.69. The SMILES string of the molecule is CC/C=C\C/C=C\C/C=C\C/C=C\C/C=C\CCCC(=O)OC(CCCCC/C=C/C=C/CCCCCCCCC)CC(=O)NC(CO)C(O)CCCCCCCCCCCCCC. The van der Waals surface area contributed by atoms with Crippen molar-refractivity contribution in [1.29, 1.82) is 0 Å². The first-order chi connectivity index (χ1) is 31.5. The number of aliphatic hydroxyl groups is 2. The second-order valence-corrected chi connectivity index (χ2v) is 17.9. The molecule has 368 valence electrons. The second-order valence-electron chi connectivity index (χ2n) is 17.9. The first-order valence-electron chi connectivity index (χ1n) is 26.8. The van der Waals surface area contributed by atoms with Crippen LogP contribution in [0.3, 0.4) is 0 Å². The number of allylic oxidation sites excluding steroid dienone is 14. The topological polar surface area (TPSA) is 95.9 Å². The molecule has 0 saturated heterocycles. The lowest BCUT2D eigenvalue weighted by molar-refractivity contribution is -0.151. The van der Waals surface area contributed by atoms with Crippen molar-refractivity contribution in [2.24, 2.45) is 0 Å². The van der Waals surface area contributed by atoms with Crippen molar-refractivity contribution < 1.29 is 24.5 Å². The van der Waals surface area contributed by atoms with E-state index in [2.05, 4.69) is 111 Å². The Hall–Kier alpha value is -2.96. The maximum Gasteiger partial charge on any atom is 0.306 e. The minimum Gasteiger partial charge on any atom is -0.462 e. The highest BCUT2D eigenvalue weighted by molar-refractivity contribution is 5.77.